The average molecular weight is 359 g/mol. The summed E-state index contributed by atoms with van der Waals surface area (Å²) in [5, 5.41) is 12.0. The molecule has 0 bridgehead atoms. The number of hydrogen-bond acceptors (Lipinski definition) is 5. The molecule has 2 aromatic heterocycles. The highest BCUT2D eigenvalue weighted by atomic mass is 19.2. The number of anilines is 1. The van der Waals surface area contributed by atoms with Crippen LogP contribution in [0.25, 0.3) is 11.3 Å². The second kappa shape index (κ2) is 7.28. The van der Waals surface area contributed by atoms with E-state index in [1.165, 1.54) is 12.3 Å². The highest BCUT2D eigenvalue weighted by Gasteiger charge is 2.14. The highest BCUT2D eigenvalue weighted by Crippen LogP contribution is 2.23. The van der Waals surface area contributed by atoms with E-state index < -0.39 is 17.5 Å². The van der Waals surface area contributed by atoms with Crippen LogP contribution in [0.4, 0.5) is 14.7 Å². The van der Waals surface area contributed by atoms with Gasteiger partial charge in [0.15, 0.2) is 11.6 Å². The minimum atomic E-state index is -0.975. The topological polar surface area (TPSA) is 117 Å². The number of nitrogens with one attached hydrogen (secondary N) is 2. The van der Waals surface area contributed by atoms with Crippen molar-refractivity contribution in [3.8, 4) is 11.3 Å². The number of rotatable bonds is 5. The molecule has 0 saturated carbocycles. The molecule has 134 valence electrons. The van der Waals surface area contributed by atoms with Crippen LogP contribution < -0.4 is 11.1 Å². The lowest BCUT2D eigenvalue weighted by Gasteiger charge is -2.05. The van der Waals surface area contributed by atoms with Crippen LogP contribution in [0.3, 0.4) is 0 Å². The third-order valence-corrected chi connectivity index (χ3v) is 3.69. The molecular weight excluding hydrogens is 344 g/mol. The van der Waals surface area contributed by atoms with Gasteiger partial charge in [0.05, 0.1) is 12.3 Å². The monoisotopic (exact) mass is 359 g/mol. The largest absolute Gasteiger partial charge is 0.392 e. The van der Waals surface area contributed by atoms with E-state index in [0.717, 1.165) is 12.1 Å². The van der Waals surface area contributed by atoms with E-state index in [9.17, 15) is 18.7 Å². The number of benzene rings is 1. The van der Waals surface area contributed by atoms with Crippen molar-refractivity contribution in [1.82, 2.24) is 20.3 Å². The van der Waals surface area contributed by atoms with E-state index in [0.29, 0.717) is 22.4 Å². The molecule has 0 aliphatic heterocycles. The third-order valence-electron chi connectivity index (χ3n) is 3.69. The lowest BCUT2D eigenvalue weighted by molar-refractivity contribution is 0.0946. The van der Waals surface area contributed by atoms with Gasteiger partial charge in [0.2, 0.25) is 5.95 Å². The number of nitrogens with zero attached hydrogens (tertiary/aromatic N) is 2. The summed E-state index contributed by atoms with van der Waals surface area (Å²) in [6.45, 7) is -0.245. The maximum Gasteiger partial charge on any atom is 0.267 e. The Balaban J connectivity index is 1.74. The number of aromatic amines is 1. The number of nitrogen functional groups attached to an aromatic ring is 1. The first-order chi connectivity index (χ1) is 12.5. The molecular formula is C17H15F2N5O2. The first-order valence-corrected chi connectivity index (χ1v) is 7.61. The lowest BCUT2D eigenvalue weighted by atomic mass is 10.1. The molecule has 1 amide bonds. The fraction of sp³-hybridized carbons (Fsp3) is 0.118. The summed E-state index contributed by atoms with van der Waals surface area (Å²) in [5.74, 6) is -2.31. The number of aliphatic hydroxyl groups is 1. The van der Waals surface area contributed by atoms with Crippen molar-refractivity contribution in [2.24, 2.45) is 0 Å². The maximum atomic E-state index is 13.2. The van der Waals surface area contributed by atoms with Gasteiger partial charge in [0.25, 0.3) is 5.91 Å². The fourth-order valence-electron chi connectivity index (χ4n) is 2.38. The second-order valence-electron chi connectivity index (χ2n) is 5.49. The first kappa shape index (κ1) is 17.5. The van der Waals surface area contributed by atoms with Crippen LogP contribution >= 0.6 is 0 Å². The van der Waals surface area contributed by atoms with E-state index >= 15 is 0 Å². The molecule has 5 N–H and O–H groups in total. The van der Waals surface area contributed by atoms with Crippen LogP contribution in [0.1, 0.15) is 21.6 Å². The van der Waals surface area contributed by atoms with E-state index in [4.69, 9.17) is 5.73 Å². The number of H-pyrrole nitrogens is 1. The Morgan fingerprint density at radius 2 is 2.08 bits per heavy atom. The van der Waals surface area contributed by atoms with Crippen molar-refractivity contribution < 1.29 is 18.7 Å². The molecule has 0 radical (unpaired) electrons. The Hall–Kier alpha value is -3.33. The van der Waals surface area contributed by atoms with Crippen molar-refractivity contribution in [3.05, 3.63) is 65.1 Å². The number of hydrogen-bond donors (Lipinski definition) is 4. The number of aliphatic hydroxyl groups excluding tert-OH is 1. The summed E-state index contributed by atoms with van der Waals surface area (Å²) in [6, 6.07) is 4.95. The van der Waals surface area contributed by atoms with Gasteiger partial charge in [-0.3, -0.25) is 4.79 Å². The van der Waals surface area contributed by atoms with E-state index in [1.807, 2.05) is 0 Å². The quantitative estimate of drug-likeness (QED) is 0.554. The summed E-state index contributed by atoms with van der Waals surface area (Å²) in [6.07, 6.45) is 2.96. The van der Waals surface area contributed by atoms with Crippen LogP contribution in [-0.4, -0.2) is 26.0 Å². The van der Waals surface area contributed by atoms with E-state index in [-0.39, 0.29) is 24.8 Å². The van der Waals surface area contributed by atoms with Crippen molar-refractivity contribution in [3.63, 3.8) is 0 Å². The summed E-state index contributed by atoms with van der Waals surface area (Å²) in [5.41, 5.74) is 7.67. The van der Waals surface area contributed by atoms with Gasteiger partial charge in [0, 0.05) is 30.1 Å². The predicted octanol–water partition coefficient (Wildman–Crippen LogP) is 1.75. The normalized spacial score (nSPS) is 10.7. The van der Waals surface area contributed by atoms with Crippen LogP contribution in [0, 0.1) is 11.6 Å². The molecule has 0 atom stereocenters. The highest BCUT2D eigenvalue weighted by molar-refractivity contribution is 5.93. The van der Waals surface area contributed by atoms with Gasteiger partial charge in [-0.15, -0.1) is 0 Å². The Morgan fingerprint density at radius 1 is 1.27 bits per heavy atom. The van der Waals surface area contributed by atoms with Gasteiger partial charge in [-0.1, -0.05) is 6.07 Å². The summed E-state index contributed by atoms with van der Waals surface area (Å²) in [7, 11) is 0. The van der Waals surface area contributed by atoms with Crippen molar-refractivity contribution in [2.45, 2.75) is 13.2 Å². The Labute approximate surface area is 146 Å². The summed E-state index contributed by atoms with van der Waals surface area (Å²) >= 11 is 0. The van der Waals surface area contributed by atoms with Crippen LogP contribution in [-0.2, 0) is 13.2 Å². The van der Waals surface area contributed by atoms with Crippen molar-refractivity contribution in [1.29, 1.82) is 0 Å². The van der Waals surface area contributed by atoms with Gasteiger partial charge in [-0.25, -0.2) is 18.7 Å². The SMILES string of the molecule is Nc1ncc(CO)c(-c2c[nH]c(C(=O)NCc3ccc(F)c(F)c3)c2)n1. The first-order valence-electron chi connectivity index (χ1n) is 7.61. The van der Waals surface area contributed by atoms with Crippen LogP contribution in [0.2, 0.25) is 0 Å². The van der Waals surface area contributed by atoms with Crippen LogP contribution in [0.5, 0.6) is 0 Å². The molecule has 2 heterocycles. The summed E-state index contributed by atoms with van der Waals surface area (Å²) < 4.78 is 26.1. The van der Waals surface area contributed by atoms with Gasteiger partial charge in [-0.2, -0.15) is 0 Å². The minimum Gasteiger partial charge on any atom is -0.392 e. The number of carbonyl (C=O) groups excluding carboxylic acids is 1. The van der Waals surface area contributed by atoms with Crippen molar-refractivity contribution >= 4 is 11.9 Å². The number of halogens is 2. The second-order valence-corrected chi connectivity index (χ2v) is 5.49. The molecule has 0 spiro atoms. The Kier molecular flexibility index (Phi) is 4.90. The molecule has 0 aliphatic rings. The Morgan fingerprint density at radius 3 is 2.81 bits per heavy atom. The molecule has 3 rings (SSSR count). The van der Waals surface area contributed by atoms with Gasteiger partial charge >= 0.3 is 0 Å². The van der Waals surface area contributed by atoms with E-state index in [2.05, 4.69) is 20.3 Å². The maximum absolute atomic E-state index is 13.2. The predicted molar refractivity (Wildman–Crippen MR) is 89.7 cm³/mol. The Bertz CT molecular complexity index is 958. The standard InChI is InChI=1S/C17H15F2N5O2/c18-12-2-1-9(3-13(12)19)5-22-16(26)14-4-10(6-21-14)15-11(8-25)7-23-17(20)24-15/h1-4,6-7,21,25H,5,8H2,(H,22,26)(H2,20,23,24). The lowest BCUT2D eigenvalue weighted by Crippen LogP contribution is -2.23. The zero-order chi connectivity index (χ0) is 18.7. The molecule has 0 aliphatic carbocycles. The molecule has 7 nitrogen and oxygen atoms in total. The third kappa shape index (κ3) is 3.67. The molecule has 1 aromatic carbocycles. The molecule has 0 unspecified atom stereocenters. The van der Waals surface area contributed by atoms with Crippen LogP contribution in [0.15, 0.2) is 36.7 Å². The fourth-order valence-corrected chi connectivity index (χ4v) is 2.38. The van der Waals surface area contributed by atoms with E-state index in [1.54, 1.807) is 12.3 Å². The summed E-state index contributed by atoms with van der Waals surface area (Å²) in [4.78, 5) is 22.9. The zero-order valence-corrected chi connectivity index (χ0v) is 13.5. The zero-order valence-electron chi connectivity index (χ0n) is 13.5. The molecule has 9 heteroatoms. The van der Waals surface area contributed by atoms with Crippen molar-refractivity contribution in [2.75, 3.05) is 5.73 Å². The van der Waals surface area contributed by atoms with Gasteiger partial charge in [0.1, 0.15) is 5.69 Å². The molecule has 0 fully saturated rings. The molecule has 0 saturated heterocycles. The molecule has 3 aromatic rings. The molecule has 26 heavy (non-hydrogen) atoms. The number of carbonyl (C=O) groups is 1. The number of nitrogens with two attached hydrogens (primary N) is 1. The van der Waals surface area contributed by atoms with Gasteiger partial charge < -0.3 is 21.1 Å². The van der Waals surface area contributed by atoms with Gasteiger partial charge in [-0.05, 0) is 23.8 Å². The number of aromatic nitrogens is 3. The average Bonchev–Trinajstić information content (AvgIpc) is 3.12. The minimum absolute atomic E-state index is 0.0345. The number of amides is 1. The smallest absolute Gasteiger partial charge is 0.267 e.